The van der Waals surface area contributed by atoms with Crippen LogP contribution in [0.25, 0.3) is 0 Å². The second kappa shape index (κ2) is 9.19. The topological polar surface area (TPSA) is 70.7 Å². The van der Waals surface area contributed by atoms with Crippen LogP contribution in [0.5, 0.6) is 5.75 Å². The molecule has 2 rings (SSSR count). The number of nitrogens with zero attached hydrogens (tertiary/aromatic N) is 1. The largest absolute Gasteiger partial charge is 0.497 e. The van der Waals surface area contributed by atoms with Gasteiger partial charge in [-0.25, -0.2) is 0 Å². The van der Waals surface area contributed by atoms with E-state index in [1.807, 2.05) is 32.0 Å². The lowest BCUT2D eigenvalue weighted by Crippen LogP contribution is -2.43. The number of methoxy groups -OCH3 is 1. The Morgan fingerprint density at radius 2 is 1.63 bits per heavy atom. The van der Waals surface area contributed by atoms with Gasteiger partial charge in [0.2, 0.25) is 11.8 Å². The van der Waals surface area contributed by atoms with E-state index in [9.17, 15) is 9.59 Å². The van der Waals surface area contributed by atoms with E-state index in [2.05, 4.69) is 10.6 Å². The van der Waals surface area contributed by atoms with Gasteiger partial charge < -0.3 is 15.4 Å². The fraction of sp³-hybridized carbons (Fsp3) is 0.333. The quantitative estimate of drug-likeness (QED) is 0.786. The number of carbonyl (C=O) groups is 2. The minimum Gasteiger partial charge on any atom is -0.497 e. The molecule has 0 aromatic heterocycles. The van der Waals surface area contributed by atoms with Crippen LogP contribution in [0.3, 0.4) is 0 Å². The Kier molecular flexibility index (Phi) is 6.96. The first-order valence-electron chi connectivity index (χ1n) is 8.83. The number of nitrogens with one attached hydrogen (secondary N) is 2. The van der Waals surface area contributed by atoms with Crippen LogP contribution in [-0.2, 0) is 9.59 Å². The number of hydrogen-bond donors (Lipinski definition) is 2. The van der Waals surface area contributed by atoms with E-state index in [1.54, 1.807) is 50.2 Å². The molecule has 6 heteroatoms. The zero-order chi connectivity index (χ0) is 20.0. The Morgan fingerprint density at radius 3 is 2.19 bits per heavy atom. The molecule has 27 heavy (non-hydrogen) atoms. The third kappa shape index (κ3) is 5.56. The zero-order valence-corrected chi connectivity index (χ0v) is 16.5. The molecule has 1 atom stereocenters. The molecule has 2 aromatic rings. The van der Waals surface area contributed by atoms with Crippen LogP contribution >= 0.6 is 0 Å². The standard InChI is InChI=1S/C21H27N3O3/c1-14-7-6-8-15(2)20(14)23-19(25)13-24(4)16(3)21(26)22-17-9-11-18(27-5)12-10-17/h6-12,16H,13H2,1-5H3,(H,22,26)(H,23,25). The first-order valence-corrected chi connectivity index (χ1v) is 8.83. The number of benzene rings is 2. The molecule has 0 aliphatic carbocycles. The maximum Gasteiger partial charge on any atom is 0.241 e. The molecule has 0 radical (unpaired) electrons. The molecule has 0 aliphatic rings. The summed E-state index contributed by atoms with van der Waals surface area (Å²) in [6, 6.07) is 12.5. The smallest absolute Gasteiger partial charge is 0.241 e. The third-order valence-electron chi connectivity index (χ3n) is 4.54. The second-order valence-corrected chi connectivity index (χ2v) is 6.62. The number of anilines is 2. The summed E-state index contributed by atoms with van der Waals surface area (Å²) in [4.78, 5) is 26.5. The average molecular weight is 369 g/mol. The molecule has 0 spiro atoms. The monoisotopic (exact) mass is 369 g/mol. The third-order valence-corrected chi connectivity index (χ3v) is 4.54. The van der Waals surface area contributed by atoms with Gasteiger partial charge in [0.25, 0.3) is 0 Å². The maximum atomic E-state index is 12.4. The van der Waals surface area contributed by atoms with E-state index in [0.29, 0.717) is 5.69 Å². The molecule has 6 nitrogen and oxygen atoms in total. The number of para-hydroxylation sites is 1. The highest BCUT2D eigenvalue weighted by Crippen LogP contribution is 2.19. The van der Waals surface area contributed by atoms with Gasteiger partial charge in [0.1, 0.15) is 5.75 Å². The minimum atomic E-state index is -0.462. The highest BCUT2D eigenvalue weighted by molar-refractivity contribution is 5.96. The maximum absolute atomic E-state index is 12.4. The van der Waals surface area contributed by atoms with Crippen LogP contribution in [-0.4, -0.2) is 43.5 Å². The van der Waals surface area contributed by atoms with Crippen LogP contribution in [0.15, 0.2) is 42.5 Å². The van der Waals surface area contributed by atoms with Crippen LogP contribution in [0.4, 0.5) is 11.4 Å². The van der Waals surface area contributed by atoms with Crippen LogP contribution < -0.4 is 15.4 Å². The number of hydrogen-bond acceptors (Lipinski definition) is 4. The van der Waals surface area contributed by atoms with E-state index in [-0.39, 0.29) is 18.4 Å². The molecule has 2 N–H and O–H groups in total. The van der Waals surface area contributed by atoms with Crippen LogP contribution in [0.1, 0.15) is 18.1 Å². The Bertz CT molecular complexity index is 783. The molecule has 0 heterocycles. The van der Waals surface area contributed by atoms with Gasteiger partial charge in [0.05, 0.1) is 19.7 Å². The molecule has 0 bridgehead atoms. The number of carbonyl (C=O) groups excluding carboxylic acids is 2. The van der Waals surface area contributed by atoms with Crippen molar-refractivity contribution in [2.24, 2.45) is 0 Å². The predicted octanol–water partition coefficient (Wildman–Crippen LogP) is 3.21. The van der Waals surface area contributed by atoms with Crippen molar-refractivity contribution in [2.45, 2.75) is 26.8 Å². The fourth-order valence-corrected chi connectivity index (χ4v) is 2.68. The Labute approximate surface area is 160 Å². The molecular weight excluding hydrogens is 342 g/mol. The first-order chi connectivity index (χ1) is 12.8. The van der Waals surface area contributed by atoms with Gasteiger partial charge in [0.15, 0.2) is 0 Å². The molecular formula is C21H27N3O3. The SMILES string of the molecule is COc1ccc(NC(=O)C(C)N(C)CC(=O)Nc2c(C)cccc2C)cc1. The van der Waals surface area contributed by atoms with Crippen molar-refractivity contribution in [3.05, 3.63) is 53.6 Å². The number of rotatable bonds is 7. The van der Waals surface area contributed by atoms with Gasteiger partial charge in [-0.15, -0.1) is 0 Å². The summed E-state index contributed by atoms with van der Waals surface area (Å²) in [6.45, 7) is 5.80. The summed E-state index contributed by atoms with van der Waals surface area (Å²) in [5.41, 5.74) is 3.53. The number of ether oxygens (including phenoxy) is 1. The van der Waals surface area contributed by atoms with Gasteiger partial charge >= 0.3 is 0 Å². The van der Waals surface area contributed by atoms with Crippen LogP contribution in [0.2, 0.25) is 0 Å². The molecule has 0 saturated heterocycles. The van der Waals surface area contributed by atoms with Crippen LogP contribution in [0, 0.1) is 13.8 Å². The lowest BCUT2D eigenvalue weighted by Gasteiger charge is -2.23. The van der Waals surface area contributed by atoms with Crippen molar-refractivity contribution in [1.29, 1.82) is 0 Å². The van der Waals surface area contributed by atoms with E-state index in [1.165, 1.54) is 0 Å². The Hall–Kier alpha value is -2.86. The normalized spacial score (nSPS) is 11.8. The van der Waals surface area contributed by atoms with E-state index in [4.69, 9.17) is 4.74 Å². The number of aryl methyl sites for hydroxylation is 2. The summed E-state index contributed by atoms with van der Waals surface area (Å²) in [7, 11) is 3.34. The molecule has 0 aliphatic heterocycles. The molecule has 1 unspecified atom stereocenters. The number of likely N-dealkylation sites (N-methyl/N-ethyl adjacent to an activating group) is 1. The molecule has 0 saturated carbocycles. The van der Waals surface area contributed by atoms with E-state index >= 15 is 0 Å². The zero-order valence-electron chi connectivity index (χ0n) is 16.5. The van der Waals surface area contributed by atoms with E-state index in [0.717, 1.165) is 22.6 Å². The van der Waals surface area contributed by atoms with Crippen molar-refractivity contribution >= 4 is 23.2 Å². The Balaban J connectivity index is 1.92. The van der Waals surface area contributed by atoms with Crippen molar-refractivity contribution in [2.75, 3.05) is 31.3 Å². The second-order valence-electron chi connectivity index (χ2n) is 6.62. The summed E-state index contributed by atoms with van der Waals surface area (Å²) in [6.07, 6.45) is 0. The van der Waals surface area contributed by atoms with Gasteiger partial charge in [-0.1, -0.05) is 18.2 Å². The molecule has 0 fully saturated rings. The minimum absolute atomic E-state index is 0.116. The number of amides is 2. The van der Waals surface area contributed by atoms with Gasteiger partial charge in [-0.05, 0) is 63.2 Å². The highest BCUT2D eigenvalue weighted by atomic mass is 16.5. The van der Waals surface area contributed by atoms with Gasteiger partial charge in [0, 0.05) is 11.4 Å². The summed E-state index contributed by atoms with van der Waals surface area (Å²) in [5.74, 6) is 0.392. The van der Waals surface area contributed by atoms with Crippen molar-refractivity contribution in [3.63, 3.8) is 0 Å². The summed E-state index contributed by atoms with van der Waals surface area (Å²) < 4.78 is 5.10. The first kappa shape index (κ1) is 20.5. The van der Waals surface area contributed by atoms with Crippen molar-refractivity contribution in [3.8, 4) is 5.75 Å². The predicted molar refractivity (Wildman–Crippen MR) is 108 cm³/mol. The molecule has 144 valence electrons. The lowest BCUT2D eigenvalue weighted by molar-refractivity contribution is -0.122. The Morgan fingerprint density at radius 1 is 1.04 bits per heavy atom. The highest BCUT2D eigenvalue weighted by Gasteiger charge is 2.20. The fourth-order valence-electron chi connectivity index (χ4n) is 2.68. The molecule has 2 aromatic carbocycles. The average Bonchev–Trinajstić information content (AvgIpc) is 2.64. The van der Waals surface area contributed by atoms with E-state index < -0.39 is 6.04 Å². The lowest BCUT2D eigenvalue weighted by atomic mass is 10.1. The van der Waals surface area contributed by atoms with Crippen molar-refractivity contribution < 1.29 is 14.3 Å². The molecule has 2 amide bonds. The van der Waals surface area contributed by atoms with Gasteiger partial charge in [-0.3, -0.25) is 14.5 Å². The summed E-state index contributed by atoms with van der Waals surface area (Å²) >= 11 is 0. The van der Waals surface area contributed by atoms with Gasteiger partial charge in [-0.2, -0.15) is 0 Å². The van der Waals surface area contributed by atoms with Crippen molar-refractivity contribution in [1.82, 2.24) is 4.90 Å². The summed E-state index contributed by atoms with van der Waals surface area (Å²) in [5, 5.41) is 5.79.